The van der Waals surface area contributed by atoms with E-state index in [1.807, 2.05) is 0 Å². The van der Waals surface area contributed by atoms with Gasteiger partial charge >= 0.3 is 0 Å². The van der Waals surface area contributed by atoms with Crippen LogP contribution in [-0.4, -0.2) is 19.0 Å². The summed E-state index contributed by atoms with van der Waals surface area (Å²) in [5, 5.41) is 0. The van der Waals surface area contributed by atoms with Crippen LogP contribution in [0.2, 0.25) is 0 Å². The maximum atomic E-state index is 5.99. The summed E-state index contributed by atoms with van der Waals surface area (Å²) in [7, 11) is 0. The second kappa shape index (κ2) is 2.96. The number of fused-ring (bicyclic) bond motifs is 2. The van der Waals surface area contributed by atoms with E-state index in [0.29, 0.717) is 5.41 Å². The predicted molar refractivity (Wildman–Crippen MR) is 56.0 cm³/mol. The second-order valence-corrected chi connectivity index (χ2v) is 6.23. The molecular weight excluding hydrogens is 176 g/mol. The van der Waals surface area contributed by atoms with E-state index in [9.17, 15) is 0 Å². The van der Waals surface area contributed by atoms with Gasteiger partial charge < -0.3 is 9.47 Å². The SMILES string of the molecule is CC12CCCOC(C(C)(C)C)(C1)OC2. The summed E-state index contributed by atoms with van der Waals surface area (Å²) in [6.07, 6.45) is 3.48. The molecule has 14 heavy (non-hydrogen) atoms. The van der Waals surface area contributed by atoms with Gasteiger partial charge in [-0.1, -0.05) is 27.7 Å². The van der Waals surface area contributed by atoms with E-state index in [0.717, 1.165) is 19.6 Å². The minimum Gasteiger partial charge on any atom is -0.349 e. The third-order valence-electron chi connectivity index (χ3n) is 3.72. The smallest absolute Gasteiger partial charge is 0.173 e. The van der Waals surface area contributed by atoms with Gasteiger partial charge in [-0.2, -0.15) is 0 Å². The lowest BCUT2D eigenvalue weighted by molar-refractivity contribution is -0.264. The van der Waals surface area contributed by atoms with Crippen LogP contribution in [0.5, 0.6) is 0 Å². The van der Waals surface area contributed by atoms with Crippen molar-refractivity contribution in [3.8, 4) is 0 Å². The van der Waals surface area contributed by atoms with Gasteiger partial charge in [0.05, 0.1) is 13.2 Å². The van der Waals surface area contributed by atoms with Gasteiger partial charge in [0.25, 0.3) is 0 Å². The van der Waals surface area contributed by atoms with Crippen LogP contribution in [0.4, 0.5) is 0 Å². The van der Waals surface area contributed by atoms with Gasteiger partial charge in [-0.15, -0.1) is 0 Å². The first-order valence-corrected chi connectivity index (χ1v) is 5.65. The van der Waals surface area contributed by atoms with E-state index in [2.05, 4.69) is 27.7 Å². The molecule has 2 rings (SSSR count). The third-order valence-corrected chi connectivity index (χ3v) is 3.72. The Morgan fingerprint density at radius 2 is 1.86 bits per heavy atom. The van der Waals surface area contributed by atoms with Crippen molar-refractivity contribution in [3.63, 3.8) is 0 Å². The van der Waals surface area contributed by atoms with Crippen LogP contribution in [0.15, 0.2) is 0 Å². The predicted octanol–water partition coefficient (Wildman–Crippen LogP) is 2.97. The summed E-state index contributed by atoms with van der Waals surface area (Å²) in [5.74, 6) is -0.321. The summed E-state index contributed by atoms with van der Waals surface area (Å²) in [4.78, 5) is 0. The Hall–Kier alpha value is -0.0800. The van der Waals surface area contributed by atoms with Gasteiger partial charge in [0, 0.05) is 11.8 Å². The lowest BCUT2D eigenvalue weighted by Crippen LogP contribution is -2.45. The first-order valence-electron chi connectivity index (χ1n) is 5.65. The molecule has 2 aliphatic rings. The highest BCUT2D eigenvalue weighted by Gasteiger charge is 2.55. The molecule has 2 saturated heterocycles. The van der Waals surface area contributed by atoms with Crippen LogP contribution >= 0.6 is 0 Å². The van der Waals surface area contributed by atoms with Crippen LogP contribution in [0.3, 0.4) is 0 Å². The Bertz CT molecular complexity index is 227. The molecule has 82 valence electrons. The molecule has 0 spiro atoms. The van der Waals surface area contributed by atoms with Gasteiger partial charge in [0.2, 0.25) is 0 Å². The first kappa shape index (κ1) is 10.4. The zero-order valence-electron chi connectivity index (χ0n) is 9.85. The normalized spacial score (nSPS) is 43.7. The molecule has 2 fully saturated rings. The molecule has 2 aliphatic heterocycles. The third kappa shape index (κ3) is 1.49. The Balaban J connectivity index is 2.28. The topological polar surface area (TPSA) is 18.5 Å². The van der Waals surface area contributed by atoms with Crippen molar-refractivity contribution < 1.29 is 9.47 Å². The fourth-order valence-electron chi connectivity index (χ4n) is 2.64. The summed E-state index contributed by atoms with van der Waals surface area (Å²) in [5.41, 5.74) is 0.429. The van der Waals surface area contributed by atoms with Gasteiger partial charge in [-0.3, -0.25) is 0 Å². The quantitative estimate of drug-likeness (QED) is 0.596. The molecule has 2 bridgehead atoms. The van der Waals surface area contributed by atoms with Crippen LogP contribution < -0.4 is 0 Å². The van der Waals surface area contributed by atoms with E-state index < -0.39 is 0 Å². The summed E-state index contributed by atoms with van der Waals surface area (Å²) < 4.78 is 12.0. The van der Waals surface area contributed by atoms with Crippen molar-refractivity contribution in [3.05, 3.63) is 0 Å². The maximum Gasteiger partial charge on any atom is 0.173 e. The van der Waals surface area contributed by atoms with Gasteiger partial charge in [0.15, 0.2) is 5.79 Å². The van der Waals surface area contributed by atoms with Gasteiger partial charge in [-0.05, 0) is 18.3 Å². The molecular formula is C12H22O2. The molecule has 2 nitrogen and oxygen atoms in total. The molecule has 0 amide bonds. The van der Waals surface area contributed by atoms with Crippen molar-refractivity contribution in [2.24, 2.45) is 10.8 Å². The largest absolute Gasteiger partial charge is 0.349 e. The average Bonchev–Trinajstić information content (AvgIpc) is 2.25. The van der Waals surface area contributed by atoms with E-state index >= 15 is 0 Å². The Kier molecular flexibility index (Phi) is 2.20. The monoisotopic (exact) mass is 198 g/mol. The summed E-state index contributed by atoms with van der Waals surface area (Å²) >= 11 is 0. The maximum absolute atomic E-state index is 5.99. The Labute approximate surface area is 87.0 Å². The molecule has 0 radical (unpaired) electrons. The van der Waals surface area contributed by atoms with Crippen LogP contribution in [0.25, 0.3) is 0 Å². The second-order valence-electron chi connectivity index (χ2n) is 6.23. The summed E-state index contributed by atoms with van der Waals surface area (Å²) in [6, 6.07) is 0. The van der Waals surface area contributed by atoms with Gasteiger partial charge in [-0.25, -0.2) is 0 Å². The molecule has 0 aromatic rings. The lowest BCUT2D eigenvalue weighted by Gasteiger charge is -2.40. The molecule has 0 aromatic heterocycles. The number of hydrogen-bond acceptors (Lipinski definition) is 2. The molecule has 0 N–H and O–H groups in total. The molecule has 2 heteroatoms. The summed E-state index contributed by atoms with van der Waals surface area (Å²) in [6.45, 7) is 10.7. The van der Waals surface area contributed by atoms with Gasteiger partial charge in [0.1, 0.15) is 0 Å². The molecule has 0 aliphatic carbocycles. The minimum atomic E-state index is -0.321. The van der Waals surface area contributed by atoms with Crippen molar-refractivity contribution in [1.29, 1.82) is 0 Å². The van der Waals surface area contributed by atoms with E-state index in [1.54, 1.807) is 0 Å². The molecule has 2 unspecified atom stereocenters. The van der Waals surface area contributed by atoms with Crippen molar-refractivity contribution in [2.75, 3.05) is 13.2 Å². The highest BCUT2D eigenvalue weighted by atomic mass is 16.7. The number of rotatable bonds is 0. The minimum absolute atomic E-state index is 0.0785. The van der Waals surface area contributed by atoms with Crippen molar-refractivity contribution >= 4 is 0 Å². The lowest BCUT2D eigenvalue weighted by atomic mass is 9.76. The average molecular weight is 198 g/mol. The zero-order valence-corrected chi connectivity index (χ0v) is 9.85. The van der Waals surface area contributed by atoms with E-state index in [4.69, 9.17) is 9.47 Å². The number of ether oxygens (including phenoxy) is 2. The Morgan fingerprint density at radius 3 is 2.50 bits per heavy atom. The standard InChI is InChI=1S/C12H22O2/c1-10(2,3)12-8-11(4,9-14-12)6-5-7-13-12/h5-9H2,1-4H3. The first-order chi connectivity index (χ1) is 6.37. The van der Waals surface area contributed by atoms with Crippen LogP contribution in [-0.2, 0) is 9.47 Å². The molecule has 0 saturated carbocycles. The van der Waals surface area contributed by atoms with Crippen LogP contribution in [0, 0.1) is 10.8 Å². The molecule has 2 atom stereocenters. The van der Waals surface area contributed by atoms with Crippen molar-refractivity contribution in [2.45, 2.75) is 52.7 Å². The number of hydrogen-bond donors (Lipinski definition) is 0. The fraction of sp³-hybridized carbons (Fsp3) is 1.00. The van der Waals surface area contributed by atoms with E-state index in [1.165, 1.54) is 12.8 Å². The fourth-order valence-corrected chi connectivity index (χ4v) is 2.64. The van der Waals surface area contributed by atoms with E-state index in [-0.39, 0.29) is 11.2 Å². The highest BCUT2D eigenvalue weighted by Crippen LogP contribution is 2.52. The molecule has 2 heterocycles. The Morgan fingerprint density at radius 1 is 1.14 bits per heavy atom. The zero-order chi connectivity index (χ0) is 10.4. The van der Waals surface area contributed by atoms with Crippen molar-refractivity contribution in [1.82, 2.24) is 0 Å². The highest BCUT2D eigenvalue weighted by molar-refractivity contribution is 4.97. The van der Waals surface area contributed by atoms with Crippen LogP contribution in [0.1, 0.15) is 47.0 Å². The molecule has 0 aromatic carbocycles.